The first-order chi connectivity index (χ1) is 15.6. The Kier molecular flexibility index (Phi) is 12.5. The van der Waals surface area contributed by atoms with Gasteiger partial charge < -0.3 is 15.0 Å². The van der Waals surface area contributed by atoms with Gasteiger partial charge in [0.05, 0.1) is 12.0 Å². The molecule has 0 radical (unpaired) electrons. The number of carbonyl (C=O) groups excluding carboxylic acids is 3. The molecule has 0 aromatic rings. The summed E-state index contributed by atoms with van der Waals surface area (Å²) in [6, 6.07) is -0.0615. The maximum absolute atomic E-state index is 13.2. The van der Waals surface area contributed by atoms with Crippen LogP contribution in [-0.4, -0.2) is 48.9 Å². The Morgan fingerprint density at radius 3 is 2.39 bits per heavy atom. The molecule has 1 aliphatic rings. The highest BCUT2D eigenvalue weighted by molar-refractivity contribution is 5.84. The predicted molar refractivity (Wildman–Crippen MR) is 134 cm³/mol. The van der Waals surface area contributed by atoms with Gasteiger partial charge in [-0.3, -0.25) is 14.4 Å². The molecule has 192 valence electrons. The molecule has 1 fully saturated rings. The molecule has 0 bridgehead atoms. The lowest BCUT2D eigenvalue weighted by atomic mass is 9.68. The van der Waals surface area contributed by atoms with Crippen LogP contribution < -0.4 is 5.32 Å². The third kappa shape index (κ3) is 8.60. The predicted octanol–water partition coefficient (Wildman–Crippen LogP) is 5.49. The SMILES string of the molecule is CCCCC(CC)COC(=O)C(C)(CC)CC(C)(CC(C)N1CCCCCC1=O)C(=O)NC. The Morgan fingerprint density at radius 1 is 1.12 bits per heavy atom. The molecular weight excluding hydrogens is 416 g/mol. The molecule has 6 heteroatoms. The normalized spacial score (nSPS) is 20.2. The summed E-state index contributed by atoms with van der Waals surface area (Å²) in [7, 11) is 1.64. The Bertz CT molecular complexity index is 638. The van der Waals surface area contributed by atoms with E-state index in [9.17, 15) is 14.4 Å². The minimum absolute atomic E-state index is 0.0615. The van der Waals surface area contributed by atoms with Crippen LogP contribution in [0, 0.1) is 16.7 Å². The van der Waals surface area contributed by atoms with E-state index in [1.807, 2.05) is 32.6 Å². The lowest BCUT2D eigenvalue weighted by Gasteiger charge is -2.40. The quantitative estimate of drug-likeness (QED) is 0.344. The Morgan fingerprint density at radius 2 is 1.82 bits per heavy atom. The number of amides is 2. The first kappa shape index (κ1) is 29.4. The van der Waals surface area contributed by atoms with Gasteiger partial charge in [0.2, 0.25) is 11.8 Å². The molecule has 1 N–H and O–H groups in total. The molecule has 0 aromatic heterocycles. The minimum Gasteiger partial charge on any atom is -0.465 e. The number of ether oxygens (including phenoxy) is 1. The van der Waals surface area contributed by atoms with Gasteiger partial charge in [-0.05, 0) is 58.3 Å². The lowest BCUT2D eigenvalue weighted by Crippen LogP contribution is -2.48. The van der Waals surface area contributed by atoms with Crippen LogP contribution >= 0.6 is 0 Å². The van der Waals surface area contributed by atoms with Gasteiger partial charge in [0.15, 0.2) is 0 Å². The number of carbonyl (C=O) groups is 3. The van der Waals surface area contributed by atoms with E-state index in [-0.39, 0.29) is 23.8 Å². The number of esters is 1. The fourth-order valence-corrected chi connectivity index (χ4v) is 5.25. The highest BCUT2D eigenvalue weighted by atomic mass is 16.5. The Hall–Kier alpha value is -1.59. The van der Waals surface area contributed by atoms with Crippen LogP contribution in [-0.2, 0) is 19.1 Å². The summed E-state index contributed by atoms with van der Waals surface area (Å²) in [6.45, 7) is 13.4. The van der Waals surface area contributed by atoms with Gasteiger partial charge in [-0.25, -0.2) is 0 Å². The fourth-order valence-electron chi connectivity index (χ4n) is 5.25. The molecule has 0 spiro atoms. The third-order valence-electron chi connectivity index (χ3n) is 7.71. The van der Waals surface area contributed by atoms with E-state index in [2.05, 4.69) is 19.2 Å². The van der Waals surface area contributed by atoms with Crippen LogP contribution in [0.2, 0.25) is 0 Å². The maximum Gasteiger partial charge on any atom is 0.311 e. The molecule has 1 aliphatic heterocycles. The van der Waals surface area contributed by atoms with E-state index in [1.165, 1.54) is 0 Å². The molecule has 4 unspecified atom stereocenters. The monoisotopic (exact) mass is 466 g/mol. The number of hydrogen-bond acceptors (Lipinski definition) is 4. The molecule has 0 saturated carbocycles. The number of likely N-dealkylation sites (tertiary alicyclic amines) is 1. The van der Waals surface area contributed by atoms with Crippen molar-refractivity contribution in [2.24, 2.45) is 16.7 Å². The van der Waals surface area contributed by atoms with Gasteiger partial charge >= 0.3 is 5.97 Å². The van der Waals surface area contributed by atoms with E-state index >= 15 is 0 Å². The molecule has 4 atom stereocenters. The van der Waals surface area contributed by atoms with Gasteiger partial charge in [-0.2, -0.15) is 0 Å². The van der Waals surface area contributed by atoms with Crippen molar-refractivity contribution in [3.8, 4) is 0 Å². The molecule has 33 heavy (non-hydrogen) atoms. The summed E-state index contributed by atoms with van der Waals surface area (Å²) in [4.78, 5) is 40.9. The second-order valence-corrected chi connectivity index (χ2v) is 10.7. The van der Waals surface area contributed by atoms with Crippen LogP contribution in [0.4, 0.5) is 0 Å². The van der Waals surface area contributed by atoms with Gasteiger partial charge in [0, 0.05) is 31.5 Å². The van der Waals surface area contributed by atoms with Crippen molar-refractivity contribution >= 4 is 17.8 Å². The summed E-state index contributed by atoms with van der Waals surface area (Å²) < 4.78 is 5.83. The highest BCUT2D eigenvalue weighted by Gasteiger charge is 2.46. The molecule has 1 rings (SSSR count). The summed E-state index contributed by atoms with van der Waals surface area (Å²) in [6.07, 6.45) is 9.45. The summed E-state index contributed by atoms with van der Waals surface area (Å²) in [5.74, 6) is 0.260. The Balaban J connectivity index is 2.98. The molecule has 0 aliphatic carbocycles. The summed E-state index contributed by atoms with van der Waals surface area (Å²) in [5.41, 5.74) is -1.54. The maximum atomic E-state index is 13.2. The second kappa shape index (κ2) is 14.0. The Labute approximate surface area is 202 Å². The zero-order chi connectivity index (χ0) is 25.1. The van der Waals surface area contributed by atoms with E-state index in [1.54, 1.807) is 7.05 Å². The zero-order valence-electron chi connectivity index (χ0n) is 22.4. The standard InChI is InChI=1S/C27H50N2O4/c1-8-11-15-22(9-2)19-33-25(32)26(5,10-3)20-27(6,24(31)28-7)18-21(4)29-17-14-12-13-16-23(29)30/h21-22H,8-20H2,1-7H3,(H,28,31). The van der Waals surface area contributed by atoms with Crippen LogP contribution in [0.3, 0.4) is 0 Å². The first-order valence-electron chi connectivity index (χ1n) is 13.3. The average Bonchev–Trinajstić information content (AvgIpc) is 3.02. The molecular formula is C27H50N2O4. The molecule has 1 heterocycles. The van der Waals surface area contributed by atoms with Crippen molar-refractivity contribution in [1.29, 1.82) is 0 Å². The van der Waals surface area contributed by atoms with E-state index < -0.39 is 10.8 Å². The molecule has 6 nitrogen and oxygen atoms in total. The topological polar surface area (TPSA) is 75.7 Å². The summed E-state index contributed by atoms with van der Waals surface area (Å²) >= 11 is 0. The van der Waals surface area contributed by atoms with Gasteiger partial charge in [0.1, 0.15) is 0 Å². The largest absolute Gasteiger partial charge is 0.465 e. The van der Waals surface area contributed by atoms with Crippen molar-refractivity contribution in [3.63, 3.8) is 0 Å². The van der Waals surface area contributed by atoms with E-state index in [4.69, 9.17) is 4.74 Å². The zero-order valence-corrected chi connectivity index (χ0v) is 22.4. The third-order valence-corrected chi connectivity index (χ3v) is 7.71. The van der Waals surface area contributed by atoms with Crippen LogP contribution in [0.25, 0.3) is 0 Å². The van der Waals surface area contributed by atoms with Crippen LogP contribution in [0.1, 0.15) is 112 Å². The van der Waals surface area contributed by atoms with E-state index in [0.29, 0.717) is 38.2 Å². The first-order valence-corrected chi connectivity index (χ1v) is 13.3. The van der Waals surface area contributed by atoms with Crippen molar-refractivity contribution in [2.75, 3.05) is 20.2 Å². The summed E-state index contributed by atoms with van der Waals surface area (Å²) in [5, 5.41) is 2.81. The minimum atomic E-state index is -0.781. The number of unbranched alkanes of at least 4 members (excludes halogenated alkanes) is 1. The number of rotatable bonds is 14. The molecule has 2 amide bonds. The number of nitrogens with zero attached hydrogens (tertiary/aromatic N) is 1. The van der Waals surface area contributed by atoms with Gasteiger partial charge in [-0.15, -0.1) is 0 Å². The number of hydrogen-bond donors (Lipinski definition) is 1. The van der Waals surface area contributed by atoms with Gasteiger partial charge in [-0.1, -0.05) is 53.4 Å². The number of nitrogens with one attached hydrogen (secondary N) is 1. The van der Waals surface area contributed by atoms with Crippen LogP contribution in [0.15, 0.2) is 0 Å². The van der Waals surface area contributed by atoms with Crippen molar-refractivity contribution in [1.82, 2.24) is 10.2 Å². The van der Waals surface area contributed by atoms with Crippen molar-refractivity contribution in [2.45, 2.75) is 118 Å². The average molecular weight is 467 g/mol. The highest BCUT2D eigenvalue weighted by Crippen LogP contribution is 2.42. The van der Waals surface area contributed by atoms with E-state index in [0.717, 1.165) is 51.5 Å². The fraction of sp³-hybridized carbons (Fsp3) is 0.889. The van der Waals surface area contributed by atoms with Crippen molar-refractivity contribution < 1.29 is 19.1 Å². The molecule has 1 saturated heterocycles. The second-order valence-electron chi connectivity index (χ2n) is 10.7. The van der Waals surface area contributed by atoms with Gasteiger partial charge in [0.25, 0.3) is 0 Å². The molecule has 0 aromatic carbocycles. The lowest BCUT2D eigenvalue weighted by molar-refractivity contribution is -0.160. The van der Waals surface area contributed by atoms with Crippen LogP contribution in [0.5, 0.6) is 0 Å². The smallest absolute Gasteiger partial charge is 0.311 e. The van der Waals surface area contributed by atoms with Crippen molar-refractivity contribution in [3.05, 3.63) is 0 Å².